The maximum atomic E-state index is 12.0. The maximum absolute atomic E-state index is 12.0. The molecule has 0 bridgehead atoms. The zero-order valence-corrected chi connectivity index (χ0v) is 11.0. The Morgan fingerprint density at radius 3 is 2.44 bits per heavy atom. The van der Waals surface area contributed by atoms with Gasteiger partial charge in [-0.2, -0.15) is 0 Å². The fraction of sp³-hybridized carbons (Fsp3) is 0.333. The standard InChI is InChI=1S/C15H18NO2/c1-11-4-7-14(8-5-11)18-16(17)15-9-6-12(2)10-13(15)3/h4-10,13,15H,1-3H3/q-1. The molecule has 0 spiro atoms. The van der Waals surface area contributed by atoms with E-state index in [1.807, 2.05) is 45.1 Å². The number of hydrogen-bond donors (Lipinski definition) is 0. The minimum absolute atomic E-state index is 0.151. The SMILES string of the molecule is CC1=CC(C)C(N([O-])Oc2ccc(C)cc2)C=C1. The van der Waals surface area contributed by atoms with Crippen LogP contribution in [0.2, 0.25) is 0 Å². The van der Waals surface area contributed by atoms with Crippen molar-refractivity contribution in [2.75, 3.05) is 0 Å². The Balaban J connectivity index is 2.02. The Labute approximate surface area is 108 Å². The van der Waals surface area contributed by atoms with Gasteiger partial charge in [-0.05, 0) is 31.9 Å². The lowest BCUT2D eigenvalue weighted by atomic mass is 9.94. The van der Waals surface area contributed by atoms with Crippen LogP contribution in [-0.2, 0) is 0 Å². The van der Waals surface area contributed by atoms with Gasteiger partial charge in [0.25, 0.3) is 0 Å². The molecule has 0 amide bonds. The Morgan fingerprint density at radius 2 is 1.83 bits per heavy atom. The molecule has 0 fully saturated rings. The van der Waals surface area contributed by atoms with Crippen LogP contribution in [-0.4, -0.2) is 11.3 Å². The third-order valence-corrected chi connectivity index (χ3v) is 3.08. The molecule has 18 heavy (non-hydrogen) atoms. The highest BCUT2D eigenvalue weighted by Gasteiger charge is 2.18. The van der Waals surface area contributed by atoms with E-state index in [0.29, 0.717) is 11.0 Å². The highest BCUT2D eigenvalue weighted by atomic mass is 16.9. The zero-order valence-electron chi connectivity index (χ0n) is 11.0. The second-order valence-corrected chi connectivity index (χ2v) is 4.81. The Hall–Kier alpha value is -1.58. The van der Waals surface area contributed by atoms with Crippen LogP contribution in [0.1, 0.15) is 19.4 Å². The summed E-state index contributed by atoms with van der Waals surface area (Å²) in [6.07, 6.45) is 5.92. The molecule has 2 unspecified atom stereocenters. The van der Waals surface area contributed by atoms with E-state index in [1.54, 1.807) is 12.1 Å². The van der Waals surface area contributed by atoms with Gasteiger partial charge in [-0.15, -0.1) is 0 Å². The maximum Gasteiger partial charge on any atom is 0.146 e. The lowest BCUT2D eigenvalue weighted by Crippen LogP contribution is -2.36. The van der Waals surface area contributed by atoms with Crippen LogP contribution in [0.5, 0.6) is 5.75 Å². The van der Waals surface area contributed by atoms with Crippen LogP contribution >= 0.6 is 0 Å². The molecule has 2 rings (SSSR count). The van der Waals surface area contributed by atoms with Crippen LogP contribution in [0, 0.1) is 18.0 Å². The van der Waals surface area contributed by atoms with Gasteiger partial charge in [0, 0.05) is 0 Å². The monoisotopic (exact) mass is 244 g/mol. The molecule has 1 aliphatic rings. The van der Waals surface area contributed by atoms with Gasteiger partial charge >= 0.3 is 0 Å². The summed E-state index contributed by atoms with van der Waals surface area (Å²) in [7, 11) is 0. The molecular formula is C15H18NO2-. The fourth-order valence-corrected chi connectivity index (χ4v) is 2.02. The first-order valence-electron chi connectivity index (χ1n) is 6.14. The van der Waals surface area contributed by atoms with Crippen molar-refractivity contribution in [3.8, 4) is 5.75 Å². The number of benzene rings is 1. The molecule has 0 aromatic heterocycles. The number of rotatable bonds is 3. The Bertz CT molecular complexity index is 462. The molecule has 1 aromatic rings. The third-order valence-electron chi connectivity index (χ3n) is 3.08. The number of allylic oxidation sites excluding steroid dienone is 2. The molecule has 3 heteroatoms. The summed E-state index contributed by atoms with van der Waals surface area (Å²) in [6.45, 7) is 6.04. The largest absolute Gasteiger partial charge is 0.752 e. The molecule has 0 saturated heterocycles. The van der Waals surface area contributed by atoms with Crippen molar-refractivity contribution >= 4 is 0 Å². The van der Waals surface area contributed by atoms with Crippen molar-refractivity contribution in [2.45, 2.75) is 26.8 Å². The summed E-state index contributed by atoms with van der Waals surface area (Å²) in [5, 5.41) is 12.7. The van der Waals surface area contributed by atoms with E-state index in [-0.39, 0.29) is 12.0 Å². The number of aryl methyl sites for hydroxylation is 1. The fourth-order valence-electron chi connectivity index (χ4n) is 2.02. The average Bonchev–Trinajstić information content (AvgIpc) is 2.32. The number of nitrogens with zero attached hydrogens (tertiary/aromatic N) is 1. The third kappa shape index (κ3) is 3.00. The summed E-state index contributed by atoms with van der Waals surface area (Å²) in [5.41, 5.74) is 2.33. The molecule has 0 saturated carbocycles. The van der Waals surface area contributed by atoms with E-state index < -0.39 is 0 Å². The smallest absolute Gasteiger partial charge is 0.146 e. The summed E-state index contributed by atoms with van der Waals surface area (Å²) in [6, 6.07) is 7.19. The molecular weight excluding hydrogens is 226 g/mol. The first-order valence-corrected chi connectivity index (χ1v) is 6.14. The van der Waals surface area contributed by atoms with Crippen LogP contribution in [0.15, 0.2) is 48.1 Å². The molecule has 0 N–H and O–H groups in total. The summed E-state index contributed by atoms with van der Waals surface area (Å²) >= 11 is 0. The van der Waals surface area contributed by atoms with Crippen molar-refractivity contribution in [1.82, 2.24) is 5.23 Å². The van der Waals surface area contributed by atoms with Gasteiger partial charge in [-0.25, -0.2) is 5.23 Å². The van der Waals surface area contributed by atoms with Crippen LogP contribution in [0.25, 0.3) is 0 Å². The minimum Gasteiger partial charge on any atom is -0.752 e. The van der Waals surface area contributed by atoms with Crippen molar-refractivity contribution in [3.63, 3.8) is 0 Å². The van der Waals surface area contributed by atoms with Crippen molar-refractivity contribution < 1.29 is 4.84 Å². The highest BCUT2D eigenvalue weighted by Crippen LogP contribution is 2.22. The predicted octanol–water partition coefficient (Wildman–Crippen LogP) is 3.61. The first kappa shape index (κ1) is 12.9. The lowest BCUT2D eigenvalue weighted by Gasteiger charge is -2.37. The Kier molecular flexibility index (Phi) is 3.84. The van der Waals surface area contributed by atoms with Crippen LogP contribution in [0.3, 0.4) is 0 Å². The van der Waals surface area contributed by atoms with Gasteiger partial charge in [0.2, 0.25) is 0 Å². The van der Waals surface area contributed by atoms with Gasteiger partial charge < -0.3 is 10.0 Å². The van der Waals surface area contributed by atoms with Crippen LogP contribution in [0.4, 0.5) is 0 Å². The average molecular weight is 244 g/mol. The minimum atomic E-state index is -0.269. The van der Waals surface area contributed by atoms with Gasteiger partial charge in [0.15, 0.2) is 0 Å². The summed E-state index contributed by atoms with van der Waals surface area (Å²) in [5.74, 6) is 0.723. The summed E-state index contributed by atoms with van der Waals surface area (Å²) < 4.78 is 0. The van der Waals surface area contributed by atoms with E-state index in [0.717, 1.165) is 5.56 Å². The highest BCUT2D eigenvalue weighted by molar-refractivity contribution is 5.27. The van der Waals surface area contributed by atoms with E-state index in [9.17, 15) is 5.21 Å². The van der Waals surface area contributed by atoms with E-state index in [4.69, 9.17) is 4.84 Å². The van der Waals surface area contributed by atoms with Crippen molar-refractivity contribution in [3.05, 3.63) is 58.8 Å². The molecule has 2 atom stereocenters. The van der Waals surface area contributed by atoms with Gasteiger partial charge in [-0.1, -0.05) is 48.4 Å². The summed E-state index contributed by atoms with van der Waals surface area (Å²) in [4.78, 5) is 5.31. The molecule has 3 nitrogen and oxygen atoms in total. The second-order valence-electron chi connectivity index (χ2n) is 4.81. The predicted molar refractivity (Wildman–Crippen MR) is 72.9 cm³/mol. The van der Waals surface area contributed by atoms with E-state index in [2.05, 4.69) is 6.08 Å². The molecule has 1 aromatic carbocycles. The molecule has 0 radical (unpaired) electrons. The zero-order chi connectivity index (χ0) is 13.1. The quantitative estimate of drug-likeness (QED) is 0.762. The van der Waals surface area contributed by atoms with E-state index >= 15 is 0 Å². The van der Waals surface area contributed by atoms with E-state index in [1.165, 1.54) is 5.57 Å². The second kappa shape index (κ2) is 5.38. The van der Waals surface area contributed by atoms with Gasteiger partial charge in [0.05, 0.1) is 6.04 Å². The first-order chi connectivity index (χ1) is 8.56. The van der Waals surface area contributed by atoms with Gasteiger partial charge in [-0.3, -0.25) is 0 Å². The Morgan fingerprint density at radius 1 is 1.17 bits per heavy atom. The molecule has 96 valence electrons. The molecule has 1 aliphatic carbocycles. The van der Waals surface area contributed by atoms with Gasteiger partial charge in [0.1, 0.15) is 5.75 Å². The number of hydroxylamine groups is 2. The topological polar surface area (TPSA) is 35.5 Å². The lowest BCUT2D eigenvalue weighted by molar-refractivity contribution is -0.0421. The normalized spacial score (nSPS) is 23.1. The molecule has 0 heterocycles. The van der Waals surface area contributed by atoms with Crippen LogP contribution < -0.4 is 4.84 Å². The van der Waals surface area contributed by atoms with Crippen molar-refractivity contribution in [1.29, 1.82) is 0 Å². The van der Waals surface area contributed by atoms with Crippen molar-refractivity contribution in [2.24, 2.45) is 5.92 Å². The molecule has 0 aliphatic heterocycles. The number of hydrogen-bond acceptors (Lipinski definition) is 3.